The number of rotatable bonds is 30. The summed E-state index contributed by atoms with van der Waals surface area (Å²) < 4.78 is 63.3. The molecule has 0 spiro atoms. The average Bonchev–Trinajstić information content (AvgIpc) is 1.59. The minimum atomic E-state index is -1.18. The average molecular weight is 1700 g/mol. The van der Waals surface area contributed by atoms with Crippen molar-refractivity contribution >= 4 is 108 Å². The molecule has 0 aliphatic heterocycles. The van der Waals surface area contributed by atoms with Gasteiger partial charge in [-0.25, -0.2) is 37.9 Å². The number of amides is 4. The van der Waals surface area contributed by atoms with Crippen LogP contribution in [0.3, 0.4) is 0 Å². The van der Waals surface area contributed by atoms with Gasteiger partial charge in [0.05, 0.1) is 62.5 Å². The number of carbonyl (C=O) groups is 9. The third kappa shape index (κ3) is 19.4. The smallest absolute Gasteiger partial charge is 0.341 e. The van der Waals surface area contributed by atoms with Crippen molar-refractivity contribution in [1.82, 2.24) is 27.9 Å². The van der Waals surface area contributed by atoms with E-state index in [1.54, 1.807) is 89.9 Å². The van der Waals surface area contributed by atoms with Crippen LogP contribution in [-0.4, -0.2) is 128 Å². The number of Topliss-reactive ketones (excluding diaryl/α,β-unsaturated/α-hetero) is 1. The van der Waals surface area contributed by atoms with Crippen LogP contribution in [0.4, 0.5) is 8.78 Å². The quantitative estimate of drug-likeness (QED) is 0.0153. The molecule has 0 saturated carbocycles. The molecule has 0 radical (unpaired) electrons. The molecule has 28 nitrogen and oxygen atoms in total. The molecule has 12 N–H and O–H groups in total. The second-order valence-corrected chi connectivity index (χ2v) is 29.2. The normalized spacial score (nSPS) is 11.0. The van der Waals surface area contributed by atoms with Gasteiger partial charge in [0.1, 0.15) is 39.9 Å². The SMILES string of the molecule is CCc1c(C(=O)C(N)=O)c2c(OCC(=O)O)nc(C)cn2c1Cc1ccc(-c2ccccc2)cc1.CCc1c(CC(N)=O)c2c(OCC(=O)O)nc(C)cn2c1Cc1ccc(F)cc1.NC(=O)c1cccc2c1c1c(OCC(=O)O)cc(-c3ccco3)cc1n2Cc1ccccc1.NC(=O)c1cccc2c1c1c(OCC(=O)O)ccc(F)c1n2Cc1ccccc1. The first-order valence-electron chi connectivity index (χ1n) is 39.6. The summed E-state index contributed by atoms with van der Waals surface area (Å²) in [5, 5.41) is 38.3. The molecule has 0 saturated heterocycles. The number of primary amides is 4. The Morgan fingerprint density at radius 1 is 0.429 bits per heavy atom. The highest BCUT2D eigenvalue weighted by Gasteiger charge is 2.31. The molecule has 126 heavy (non-hydrogen) atoms. The van der Waals surface area contributed by atoms with Crippen LogP contribution in [0, 0.1) is 25.5 Å². The number of halogens is 2. The molecule has 16 aromatic rings. The number of nitrogens with zero attached hydrogens (tertiary/aromatic N) is 6. The molecule has 0 unspecified atom stereocenters. The molecular formula is C96H84F2N10O18. The number of carboxylic acids is 4. The van der Waals surface area contributed by atoms with Crippen molar-refractivity contribution in [2.24, 2.45) is 22.9 Å². The van der Waals surface area contributed by atoms with E-state index in [0.717, 1.165) is 66.9 Å². The minimum Gasteiger partial charge on any atom is -0.481 e. The van der Waals surface area contributed by atoms with Crippen LogP contribution in [0.1, 0.15) is 107 Å². The molecule has 0 fully saturated rings. The number of carbonyl (C=O) groups excluding carboxylic acids is 5. The Balaban J connectivity index is 0.000000144. The minimum absolute atomic E-state index is 0.0235. The molecule has 0 aliphatic rings. The Morgan fingerprint density at radius 3 is 1.41 bits per heavy atom. The van der Waals surface area contributed by atoms with Gasteiger partial charge < -0.3 is 84.7 Å². The lowest BCUT2D eigenvalue weighted by molar-refractivity contribution is -0.140. The number of carboxylic acid groups (broad SMARTS) is 4. The van der Waals surface area contributed by atoms with Crippen molar-refractivity contribution in [3.05, 3.63) is 321 Å². The maximum Gasteiger partial charge on any atom is 0.341 e. The highest BCUT2D eigenvalue weighted by molar-refractivity contribution is 6.44. The third-order valence-corrected chi connectivity index (χ3v) is 20.7. The Kier molecular flexibility index (Phi) is 26.8. The number of aryl methyl sites for hydroxylation is 2. The van der Waals surface area contributed by atoms with Crippen LogP contribution >= 0.6 is 0 Å². The molecule has 0 aliphatic carbocycles. The maximum atomic E-state index is 15.0. The van der Waals surface area contributed by atoms with Gasteiger partial charge in [0.25, 0.3) is 11.7 Å². The van der Waals surface area contributed by atoms with Gasteiger partial charge in [-0.15, -0.1) is 0 Å². The Morgan fingerprint density at radius 2 is 0.905 bits per heavy atom. The summed E-state index contributed by atoms with van der Waals surface area (Å²) >= 11 is 0. The number of nitrogens with two attached hydrogens (primary N) is 4. The fourth-order valence-corrected chi connectivity index (χ4v) is 15.6. The van der Waals surface area contributed by atoms with E-state index in [-0.39, 0.29) is 51.9 Å². The number of hydrogen-bond donors (Lipinski definition) is 8. The van der Waals surface area contributed by atoms with E-state index in [0.29, 0.717) is 111 Å². The third-order valence-electron chi connectivity index (χ3n) is 20.7. The monoisotopic (exact) mass is 1700 g/mol. The summed E-state index contributed by atoms with van der Waals surface area (Å²) in [6.45, 7) is 5.93. The van der Waals surface area contributed by atoms with Crippen molar-refractivity contribution in [3.63, 3.8) is 0 Å². The van der Waals surface area contributed by atoms with Crippen LogP contribution in [0.25, 0.3) is 77.1 Å². The second kappa shape index (κ2) is 38.6. The Bertz CT molecular complexity index is 6870. The summed E-state index contributed by atoms with van der Waals surface area (Å²) in [4.78, 5) is 114. The predicted molar refractivity (Wildman–Crippen MR) is 466 cm³/mol. The topological polar surface area (TPSA) is 433 Å². The summed E-state index contributed by atoms with van der Waals surface area (Å²) in [5.41, 5.74) is 37.9. The van der Waals surface area contributed by atoms with Gasteiger partial charge in [0.2, 0.25) is 29.5 Å². The molecule has 7 aromatic heterocycles. The van der Waals surface area contributed by atoms with Crippen molar-refractivity contribution in [2.45, 2.75) is 72.9 Å². The van der Waals surface area contributed by atoms with Crippen molar-refractivity contribution in [3.8, 4) is 45.7 Å². The van der Waals surface area contributed by atoms with Crippen molar-refractivity contribution < 1.29 is 95.7 Å². The number of furan rings is 1. The van der Waals surface area contributed by atoms with Crippen LogP contribution in [0.5, 0.6) is 23.3 Å². The zero-order chi connectivity index (χ0) is 89.7. The van der Waals surface area contributed by atoms with Gasteiger partial charge in [-0.2, -0.15) is 0 Å². The molecule has 9 aromatic carbocycles. The zero-order valence-corrected chi connectivity index (χ0v) is 68.5. The van der Waals surface area contributed by atoms with Crippen LogP contribution in [0.2, 0.25) is 0 Å². The van der Waals surface area contributed by atoms with Gasteiger partial charge in [0, 0.05) is 77.2 Å². The summed E-state index contributed by atoms with van der Waals surface area (Å²) in [5.74, 6) is -7.87. The number of ether oxygens (including phenoxy) is 4. The lowest BCUT2D eigenvalue weighted by Gasteiger charge is -2.11. The Hall–Kier alpha value is -16.3. The molecule has 30 heteroatoms. The number of hydrogen-bond acceptors (Lipinski definition) is 16. The van der Waals surface area contributed by atoms with Gasteiger partial charge >= 0.3 is 23.9 Å². The highest BCUT2D eigenvalue weighted by Crippen LogP contribution is 2.44. The van der Waals surface area contributed by atoms with E-state index in [1.165, 1.54) is 24.3 Å². The first kappa shape index (κ1) is 87.5. The molecule has 640 valence electrons. The van der Waals surface area contributed by atoms with E-state index in [2.05, 4.69) is 14.5 Å². The molecule has 0 atom stereocenters. The predicted octanol–water partition coefficient (Wildman–Crippen LogP) is 14.2. The van der Waals surface area contributed by atoms with Gasteiger partial charge in [-0.3, -0.25) is 24.0 Å². The van der Waals surface area contributed by atoms with Crippen LogP contribution in [0.15, 0.2) is 235 Å². The number of benzene rings is 9. The first-order chi connectivity index (χ1) is 60.6. The van der Waals surface area contributed by atoms with E-state index in [9.17, 15) is 57.0 Å². The molecule has 7 heterocycles. The lowest BCUT2D eigenvalue weighted by Crippen LogP contribution is -2.24. The molecule has 4 amide bonds. The van der Waals surface area contributed by atoms with Crippen molar-refractivity contribution in [2.75, 3.05) is 26.4 Å². The number of aliphatic carboxylic acids is 4. The van der Waals surface area contributed by atoms with Gasteiger partial charge in [-0.05, 0) is 150 Å². The summed E-state index contributed by atoms with van der Waals surface area (Å²) in [6, 6.07) is 64.0. The standard InChI is InChI=1S/C27H25N3O5.C26H20N2O5.C22H17FN2O4.C21H22FN3O4/c1-3-20-21(13-17-9-11-19(12-10-17)18-7-5-4-6-8-18)30-14-16(2)29-27(35-15-22(31)32)24(30)23(20)25(33)26(28)34;27-26(31)18-8-4-9-19-24(18)25-20(28(19)14-16-6-2-1-3-7-16)12-17(21-10-5-11-32-21)13-22(25)33-15-23(29)30;23-15-9-10-17(29-12-18(26)27)20-19-14(22(24)28)7-4-8-16(19)25(21(15)20)11-13-5-2-1-3-6-13;1-3-15-16(9-18(23)26)20-21(29-11-19(27)28)24-12(2)10-25(20)17(15)8-13-4-6-14(22)7-5-13/h4-12,14H,3,13,15H2,1-2H3,(H2,28,34)(H,31,32);1-13H,14-15H2,(H2,27,31)(H,29,30);1-10H,11-12H2,(H2,24,28)(H,26,27);4-7,10H,3,8-9,11H2,1-2H3,(H2,23,26)(H,27,28). The van der Waals surface area contributed by atoms with E-state index < -0.39 is 85.5 Å². The van der Waals surface area contributed by atoms with Gasteiger partial charge in [0.15, 0.2) is 26.4 Å². The summed E-state index contributed by atoms with van der Waals surface area (Å²) in [6.07, 6.45) is 7.13. The lowest BCUT2D eigenvalue weighted by atomic mass is 9.98. The zero-order valence-electron chi connectivity index (χ0n) is 68.5. The number of ketones is 1. The number of aromatic nitrogens is 6. The van der Waals surface area contributed by atoms with Gasteiger partial charge in [-0.1, -0.05) is 153 Å². The largest absolute Gasteiger partial charge is 0.481 e. The molecular weight excluding hydrogens is 1620 g/mol. The van der Waals surface area contributed by atoms with Crippen molar-refractivity contribution in [1.29, 1.82) is 0 Å². The highest BCUT2D eigenvalue weighted by atomic mass is 19.1. The van der Waals surface area contributed by atoms with Crippen LogP contribution in [-0.2, 0) is 74.0 Å². The Labute approximate surface area is 717 Å². The molecule has 0 bridgehead atoms. The maximum absolute atomic E-state index is 15.0. The van der Waals surface area contributed by atoms with Crippen LogP contribution < -0.4 is 41.9 Å². The summed E-state index contributed by atoms with van der Waals surface area (Å²) in [7, 11) is 0. The fraction of sp³-hybridized carbons (Fsp3) is 0.156. The second-order valence-electron chi connectivity index (χ2n) is 29.2. The van der Waals surface area contributed by atoms with E-state index in [1.807, 2.05) is 158 Å². The van der Waals surface area contributed by atoms with E-state index >= 15 is 0 Å². The molecule has 16 rings (SSSR count). The number of fused-ring (bicyclic) bond motifs is 8. The van der Waals surface area contributed by atoms with E-state index in [4.69, 9.17) is 61.6 Å². The fourth-order valence-electron chi connectivity index (χ4n) is 15.6. The first-order valence-corrected chi connectivity index (χ1v) is 39.6.